The molecule has 1 saturated heterocycles. The maximum atomic E-state index is 11.2. The van der Waals surface area contributed by atoms with Crippen LogP contribution < -0.4 is 15.9 Å². The fraction of sp³-hybridized carbons (Fsp3) is 0.556. The molecule has 128 valence electrons. The first-order valence-corrected chi connectivity index (χ1v) is 8.73. The number of ether oxygens (including phenoxy) is 2. The van der Waals surface area contributed by atoms with Gasteiger partial charge in [0.25, 0.3) is 0 Å². The third-order valence-electron chi connectivity index (χ3n) is 5.43. The quantitative estimate of drug-likeness (QED) is 0.502. The van der Waals surface area contributed by atoms with E-state index in [1.165, 1.54) is 23.5 Å². The Bertz CT molecular complexity index is 805. The van der Waals surface area contributed by atoms with Crippen molar-refractivity contribution < 1.29 is 14.3 Å². The normalized spacial score (nSPS) is 33.3. The molecule has 1 aromatic carbocycles. The summed E-state index contributed by atoms with van der Waals surface area (Å²) in [6.07, 6.45) is 1.29. The van der Waals surface area contributed by atoms with Crippen LogP contribution in [0.2, 0.25) is 0 Å². The minimum absolute atomic E-state index is 0.281. The lowest BCUT2D eigenvalue weighted by atomic mass is 9.73. The highest BCUT2D eigenvalue weighted by Crippen LogP contribution is 2.41. The van der Waals surface area contributed by atoms with Crippen molar-refractivity contribution in [2.75, 3.05) is 20.3 Å². The zero-order chi connectivity index (χ0) is 16.9. The molecule has 3 unspecified atom stereocenters. The number of carbonyl (C=O) groups excluding carboxylic acids is 1. The van der Waals surface area contributed by atoms with Gasteiger partial charge in [0, 0.05) is 29.6 Å². The number of rotatable bonds is 2. The van der Waals surface area contributed by atoms with Crippen LogP contribution in [0, 0.1) is 5.92 Å². The van der Waals surface area contributed by atoms with Gasteiger partial charge in [0.05, 0.1) is 19.1 Å². The fourth-order valence-electron chi connectivity index (χ4n) is 4.32. The van der Waals surface area contributed by atoms with Gasteiger partial charge in [-0.3, -0.25) is 4.99 Å². The van der Waals surface area contributed by atoms with Gasteiger partial charge in [0.1, 0.15) is 0 Å². The zero-order valence-electron chi connectivity index (χ0n) is 13.8. The molecule has 0 aromatic heterocycles. The van der Waals surface area contributed by atoms with E-state index in [1.54, 1.807) is 0 Å². The van der Waals surface area contributed by atoms with Crippen LogP contribution in [0.1, 0.15) is 31.2 Å². The molecular weight excluding hydrogens is 328 g/mol. The molecule has 1 aliphatic carbocycles. The number of carbonyl (C=O) groups is 1. The van der Waals surface area contributed by atoms with Crippen LogP contribution in [0.3, 0.4) is 0 Å². The number of hydrogen-bond donors (Lipinski definition) is 1. The Balaban J connectivity index is 1.64. The first-order valence-electron chi connectivity index (χ1n) is 8.35. The van der Waals surface area contributed by atoms with Gasteiger partial charge in [-0.05, 0) is 37.0 Å². The van der Waals surface area contributed by atoms with Crippen LogP contribution in [0.5, 0.6) is 0 Å². The Labute approximate surface area is 145 Å². The summed E-state index contributed by atoms with van der Waals surface area (Å²) >= 11 is 6.66. The minimum Gasteiger partial charge on any atom is -0.438 e. The topological polar surface area (TPSA) is 59.9 Å². The highest BCUT2D eigenvalue weighted by molar-refractivity contribution is 6.29. The Morgan fingerprint density at radius 3 is 3.12 bits per heavy atom. The number of halogens is 1. The molecule has 1 fully saturated rings. The maximum absolute atomic E-state index is 11.2. The molecule has 0 saturated carbocycles. The monoisotopic (exact) mass is 348 g/mol. The second kappa shape index (κ2) is 5.74. The summed E-state index contributed by atoms with van der Waals surface area (Å²) in [5, 5.41) is 5.87. The summed E-state index contributed by atoms with van der Waals surface area (Å²) in [6, 6.07) is 6.66. The third kappa shape index (κ3) is 2.50. The molecule has 3 aliphatic rings. The lowest BCUT2D eigenvalue weighted by Gasteiger charge is -2.41. The minimum atomic E-state index is -0.629. The summed E-state index contributed by atoms with van der Waals surface area (Å²) in [4.78, 5) is 15.3. The first kappa shape index (κ1) is 15.9. The number of fused-ring (bicyclic) bond motifs is 2. The summed E-state index contributed by atoms with van der Waals surface area (Å²) in [7, 11) is 1.33. The Morgan fingerprint density at radius 2 is 2.33 bits per heavy atom. The SMILES string of the molecule is COC(=O)OCC1CN[C@@H]2CC3=c4c(cccc4=NC3(C)Cl)C2C1. The van der Waals surface area contributed by atoms with Gasteiger partial charge in [-0.2, -0.15) is 0 Å². The van der Waals surface area contributed by atoms with Gasteiger partial charge in [-0.1, -0.05) is 23.7 Å². The van der Waals surface area contributed by atoms with E-state index in [0.717, 1.165) is 24.7 Å². The van der Waals surface area contributed by atoms with Gasteiger partial charge in [-0.15, -0.1) is 0 Å². The zero-order valence-corrected chi connectivity index (χ0v) is 14.6. The van der Waals surface area contributed by atoms with Crippen LogP contribution in [0.25, 0.3) is 5.57 Å². The molecule has 5 nitrogen and oxygen atoms in total. The number of methoxy groups -OCH3 is 1. The molecule has 1 N–H and O–H groups in total. The smallest absolute Gasteiger partial charge is 0.438 e. The Hall–Kier alpha value is -1.59. The molecule has 6 heteroatoms. The van der Waals surface area contributed by atoms with Crippen molar-refractivity contribution in [3.8, 4) is 0 Å². The summed E-state index contributed by atoms with van der Waals surface area (Å²) < 4.78 is 9.70. The average molecular weight is 349 g/mol. The van der Waals surface area contributed by atoms with E-state index in [2.05, 4.69) is 22.2 Å². The predicted octanol–water partition coefficient (Wildman–Crippen LogP) is 1.67. The molecule has 0 amide bonds. The number of alkyl halides is 1. The van der Waals surface area contributed by atoms with Crippen molar-refractivity contribution >= 4 is 23.3 Å². The van der Waals surface area contributed by atoms with E-state index in [9.17, 15) is 4.79 Å². The standard InChI is InChI=1S/C18H21ClN2O3/c1-18(19)13-7-15-12(11-4-3-5-14(21-18)16(11)13)6-10(8-20-15)9-24-17(22)23-2/h3-5,10,12,15,20H,6-9H2,1-2H3/t10?,12?,15-,18?/m1/s1. The number of nitrogens with zero attached hydrogens (tertiary/aromatic N) is 1. The lowest BCUT2D eigenvalue weighted by molar-refractivity contribution is 0.0526. The van der Waals surface area contributed by atoms with Crippen molar-refractivity contribution in [2.45, 2.75) is 36.7 Å². The summed E-state index contributed by atoms with van der Waals surface area (Å²) in [5.74, 6) is 0.674. The van der Waals surface area contributed by atoms with E-state index in [4.69, 9.17) is 21.3 Å². The molecule has 2 heterocycles. The van der Waals surface area contributed by atoms with Crippen molar-refractivity contribution in [3.63, 3.8) is 0 Å². The van der Waals surface area contributed by atoms with Crippen LogP contribution in [-0.2, 0) is 9.47 Å². The molecule has 1 aromatic rings. The Morgan fingerprint density at radius 1 is 1.50 bits per heavy atom. The van der Waals surface area contributed by atoms with E-state index in [-0.39, 0.29) is 5.92 Å². The van der Waals surface area contributed by atoms with Crippen LogP contribution in [-0.4, -0.2) is 37.5 Å². The summed E-state index contributed by atoms with van der Waals surface area (Å²) in [6.45, 7) is 3.19. The van der Waals surface area contributed by atoms with Gasteiger partial charge in [-0.25, -0.2) is 4.79 Å². The third-order valence-corrected chi connectivity index (χ3v) is 5.74. The molecule has 24 heavy (non-hydrogen) atoms. The van der Waals surface area contributed by atoms with Gasteiger partial charge < -0.3 is 14.8 Å². The molecular formula is C18H21ClN2O3. The van der Waals surface area contributed by atoms with Gasteiger partial charge in [0.2, 0.25) is 0 Å². The molecule has 4 atom stereocenters. The highest BCUT2D eigenvalue weighted by atomic mass is 35.5. The van der Waals surface area contributed by atoms with Gasteiger partial charge in [0.15, 0.2) is 5.00 Å². The van der Waals surface area contributed by atoms with Gasteiger partial charge >= 0.3 is 6.16 Å². The highest BCUT2D eigenvalue weighted by Gasteiger charge is 2.42. The van der Waals surface area contributed by atoms with E-state index in [0.29, 0.717) is 18.6 Å². The lowest BCUT2D eigenvalue weighted by Crippen LogP contribution is -2.51. The largest absolute Gasteiger partial charge is 0.507 e. The van der Waals surface area contributed by atoms with Crippen molar-refractivity contribution in [2.24, 2.45) is 10.9 Å². The van der Waals surface area contributed by atoms with Crippen LogP contribution in [0.15, 0.2) is 23.2 Å². The van der Waals surface area contributed by atoms with E-state index >= 15 is 0 Å². The number of nitrogens with one attached hydrogen (secondary N) is 1. The number of piperidine rings is 1. The molecule has 0 radical (unpaired) electrons. The second-order valence-corrected chi connectivity index (χ2v) is 7.71. The number of benzene rings is 1. The second-order valence-electron chi connectivity index (χ2n) is 6.98. The van der Waals surface area contributed by atoms with Crippen molar-refractivity contribution in [1.29, 1.82) is 0 Å². The number of hydrogen-bond acceptors (Lipinski definition) is 5. The molecule has 4 rings (SSSR count). The summed E-state index contributed by atoms with van der Waals surface area (Å²) in [5.41, 5.74) is 2.55. The molecule has 2 aliphatic heterocycles. The Kier molecular flexibility index (Phi) is 3.81. The predicted molar refractivity (Wildman–Crippen MR) is 90.5 cm³/mol. The average Bonchev–Trinajstić information content (AvgIpc) is 2.84. The molecule has 0 bridgehead atoms. The van der Waals surface area contributed by atoms with E-state index in [1.807, 2.05) is 13.0 Å². The van der Waals surface area contributed by atoms with E-state index < -0.39 is 11.2 Å². The molecule has 0 spiro atoms. The van der Waals surface area contributed by atoms with Crippen LogP contribution in [0.4, 0.5) is 4.79 Å². The van der Waals surface area contributed by atoms with Crippen molar-refractivity contribution in [3.05, 3.63) is 34.3 Å². The maximum Gasteiger partial charge on any atom is 0.507 e. The van der Waals surface area contributed by atoms with Crippen molar-refractivity contribution in [1.82, 2.24) is 5.32 Å². The fourth-order valence-corrected chi connectivity index (χ4v) is 4.58. The first-order chi connectivity index (χ1) is 11.5. The van der Waals surface area contributed by atoms with Crippen LogP contribution >= 0.6 is 11.6 Å².